The van der Waals surface area contributed by atoms with Crippen LogP contribution < -0.4 is 5.32 Å². The summed E-state index contributed by atoms with van der Waals surface area (Å²) in [6.45, 7) is 0. The van der Waals surface area contributed by atoms with Crippen molar-refractivity contribution in [3.05, 3.63) is 10.6 Å². The fraction of sp³-hybridized carbons (Fsp3) is 0.200. The molecule has 1 amide bonds. The Kier molecular flexibility index (Phi) is 3.21. The van der Waals surface area contributed by atoms with Gasteiger partial charge >= 0.3 is 6.09 Å². The second kappa shape index (κ2) is 4.20. The van der Waals surface area contributed by atoms with E-state index in [1.807, 2.05) is 0 Å². The number of halogens is 2. The Hall–Kier alpha value is -1.14. The number of hydrogen-bond acceptors (Lipinski definition) is 5. The largest absolute Gasteiger partial charge is 0.453 e. The van der Waals surface area contributed by atoms with Crippen molar-refractivity contribution in [3.8, 4) is 0 Å². The first-order chi connectivity index (χ1) is 6.11. The highest BCUT2D eigenvalue weighted by molar-refractivity contribution is 6.31. The lowest BCUT2D eigenvalue weighted by molar-refractivity contribution is 0.186. The second-order valence-corrected chi connectivity index (χ2v) is 2.49. The molecule has 0 saturated carbocycles. The Bertz CT molecular complexity index is 312. The van der Waals surface area contributed by atoms with Crippen LogP contribution in [0.5, 0.6) is 0 Å². The molecule has 0 aromatic carbocycles. The number of anilines is 1. The van der Waals surface area contributed by atoms with E-state index in [2.05, 4.69) is 25.0 Å². The first kappa shape index (κ1) is 9.94. The number of ether oxygens (including phenoxy) is 1. The summed E-state index contributed by atoms with van der Waals surface area (Å²) in [7, 11) is 1.21. The van der Waals surface area contributed by atoms with Crippen LogP contribution in [-0.2, 0) is 4.74 Å². The molecule has 0 saturated heterocycles. The molecule has 0 aliphatic carbocycles. The Morgan fingerprint density at radius 1 is 1.31 bits per heavy atom. The number of nitrogens with one attached hydrogen (secondary N) is 1. The van der Waals surface area contributed by atoms with Gasteiger partial charge in [0, 0.05) is 0 Å². The Morgan fingerprint density at radius 3 is 2.31 bits per heavy atom. The average Bonchev–Trinajstić information content (AvgIpc) is 2.02. The predicted octanol–water partition coefficient (Wildman–Crippen LogP) is 1.36. The zero-order valence-electron chi connectivity index (χ0n) is 6.41. The van der Waals surface area contributed by atoms with Gasteiger partial charge in [-0.05, 0) is 23.2 Å². The highest BCUT2D eigenvalue weighted by Crippen LogP contribution is 2.09. The van der Waals surface area contributed by atoms with Crippen LogP contribution in [0.2, 0.25) is 10.6 Å². The van der Waals surface area contributed by atoms with Gasteiger partial charge in [-0.2, -0.15) is 15.0 Å². The molecule has 1 aromatic heterocycles. The standard InChI is InChI=1S/C5H4Cl2N4O2/c1-13-5(12)11-4-9-2(6)8-3(7)10-4/h1H3,(H,8,9,10,11,12). The van der Waals surface area contributed by atoms with Crippen LogP contribution in [0.1, 0.15) is 0 Å². The molecule has 0 aliphatic rings. The molecule has 0 atom stereocenters. The van der Waals surface area contributed by atoms with Crippen molar-refractivity contribution in [2.45, 2.75) is 0 Å². The van der Waals surface area contributed by atoms with E-state index in [-0.39, 0.29) is 16.5 Å². The first-order valence-electron chi connectivity index (χ1n) is 3.04. The molecule has 6 nitrogen and oxygen atoms in total. The van der Waals surface area contributed by atoms with Gasteiger partial charge in [0.15, 0.2) is 0 Å². The van der Waals surface area contributed by atoms with Crippen molar-refractivity contribution in [3.63, 3.8) is 0 Å². The van der Waals surface area contributed by atoms with Crippen LogP contribution in [0.3, 0.4) is 0 Å². The minimum atomic E-state index is -0.710. The quantitative estimate of drug-likeness (QED) is 0.777. The van der Waals surface area contributed by atoms with Crippen LogP contribution >= 0.6 is 23.2 Å². The van der Waals surface area contributed by atoms with E-state index < -0.39 is 6.09 Å². The third-order valence-electron chi connectivity index (χ3n) is 0.980. The number of carbonyl (C=O) groups excluding carboxylic acids is 1. The Morgan fingerprint density at radius 2 is 1.85 bits per heavy atom. The molecular weight excluding hydrogens is 219 g/mol. The highest BCUT2D eigenvalue weighted by Gasteiger charge is 2.06. The van der Waals surface area contributed by atoms with Crippen molar-refractivity contribution in [2.24, 2.45) is 0 Å². The zero-order chi connectivity index (χ0) is 9.84. The molecule has 0 bridgehead atoms. The fourth-order valence-electron chi connectivity index (χ4n) is 0.524. The SMILES string of the molecule is COC(=O)Nc1nc(Cl)nc(Cl)n1. The average molecular weight is 223 g/mol. The number of amides is 1. The van der Waals surface area contributed by atoms with Crippen LogP contribution in [0.25, 0.3) is 0 Å². The molecule has 0 spiro atoms. The van der Waals surface area contributed by atoms with Crippen molar-refractivity contribution >= 4 is 35.2 Å². The maximum absolute atomic E-state index is 10.7. The second-order valence-electron chi connectivity index (χ2n) is 1.81. The van der Waals surface area contributed by atoms with E-state index in [9.17, 15) is 4.79 Å². The van der Waals surface area contributed by atoms with E-state index in [4.69, 9.17) is 23.2 Å². The maximum Gasteiger partial charge on any atom is 0.413 e. The number of nitrogens with zero attached hydrogens (tertiary/aromatic N) is 3. The van der Waals surface area contributed by atoms with E-state index in [1.165, 1.54) is 7.11 Å². The van der Waals surface area contributed by atoms with Crippen molar-refractivity contribution in [1.82, 2.24) is 15.0 Å². The summed E-state index contributed by atoms with van der Waals surface area (Å²) in [5.74, 6) is -0.0585. The third kappa shape index (κ3) is 3.00. The van der Waals surface area contributed by atoms with E-state index in [1.54, 1.807) is 0 Å². The van der Waals surface area contributed by atoms with Gasteiger partial charge in [-0.1, -0.05) is 0 Å². The van der Waals surface area contributed by atoms with Gasteiger partial charge in [-0.3, -0.25) is 5.32 Å². The van der Waals surface area contributed by atoms with Crippen molar-refractivity contribution in [1.29, 1.82) is 0 Å². The monoisotopic (exact) mass is 222 g/mol. The number of aromatic nitrogens is 3. The minimum Gasteiger partial charge on any atom is -0.453 e. The van der Waals surface area contributed by atoms with Gasteiger partial charge in [-0.25, -0.2) is 4.79 Å². The van der Waals surface area contributed by atoms with Gasteiger partial charge < -0.3 is 4.74 Å². The smallest absolute Gasteiger partial charge is 0.413 e. The molecule has 0 fully saturated rings. The number of carbonyl (C=O) groups is 1. The van der Waals surface area contributed by atoms with Crippen molar-refractivity contribution in [2.75, 3.05) is 12.4 Å². The molecule has 0 aliphatic heterocycles. The summed E-state index contributed by atoms with van der Waals surface area (Å²) in [6.07, 6.45) is -0.710. The van der Waals surface area contributed by atoms with Gasteiger partial charge in [0.25, 0.3) is 0 Å². The van der Waals surface area contributed by atoms with E-state index in [0.29, 0.717) is 0 Å². The lowest BCUT2D eigenvalue weighted by atomic mass is 10.9. The lowest BCUT2D eigenvalue weighted by Gasteiger charge is -2.00. The van der Waals surface area contributed by atoms with Gasteiger partial charge in [0.2, 0.25) is 16.5 Å². The molecule has 1 aromatic rings. The number of hydrogen-bond donors (Lipinski definition) is 1. The molecule has 13 heavy (non-hydrogen) atoms. The molecule has 1 N–H and O–H groups in total. The Labute approximate surface area is 83.3 Å². The third-order valence-corrected chi connectivity index (χ3v) is 1.32. The Balaban J connectivity index is 2.83. The maximum atomic E-state index is 10.7. The minimum absolute atomic E-state index is 0.0585. The molecular formula is C5H4Cl2N4O2. The predicted molar refractivity (Wildman–Crippen MR) is 45.9 cm³/mol. The summed E-state index contributed by atoms with van der Waals surface area (Å²) >= 11 is 10.9. The summed E-state index contributed by atoms with van der Waals surface area (Å²) in [5.41, 5.74) is 0. The van der Waals surface area contributed by atoms with Gasteiger partial charge in [-0.15, -0.1) is 0 Å². The fourth-order valence-corrected chi connectivity index (χ4v) is 0.888. The first-order valence-corrected chi connectivity index (χ1v) is 3.79. The summed E-state index contributed by atoms with van der Waals surface area (Å²) in [4.78, 5) is 21.3. The van der Waals surface area contributed by atoms with Gasteiger partial charge in [0.05, 0.1) is 7.11 Å². The molecule has 1 rings (SSSR count). The van der Waals surface area contributed by atoms with Crippen LogP contribution in [0, 0.1) is 0 Å². The number of methoxy groups -OCH3 is 1. The normalized spacial score (nSPS) is 9.46. The molecule has 0 radical (unpaired) electrons. The zero-order valence-corrected chi connectivity index (χ0v) is 7.93. The molecule has 0 unspecified atom stereocenters. The van der Waals surface area contributed by atoms with Gasteiger partial charge in [0.1, 0.15) is 0 Å². The summed E-state index contributed by atoms with van der Waals surface area (Å²) in [6, 6.07) is 0. The van der Waals surface area contributed by atoms with Crippen LogP contribution in [-0.4, -0.2) is 28.2 Å². The number of rotatable bonds is 1. The summed E-state index contributed by atoms with van der Waals surface area (Å²) < 4.78 is 4.30. The molecule has 1 heterocycles. The lowest BCUT2D eigenvalue weighted by Crippen LogP contribution is -2.13. The highest BCUT2D eigenvalue weighted by atomic mass is 35.5. The van der Waals surface area contributed by atoms with Crippen LogP contribution in [0.15, 0.2) is 0 Å². The van der Waals surface area contributed by atoms with Crippen molar-refractivity contribution < 1.29 is 9.53 Å². The summed E-state index contributed by atoms with van der Waals surface area (Å²) in [5, 5.41) is 1.97. The van der Waals surface area contributed by atoms with E-state index >= 15 is 0 Å². The molecule has 70 valence electrons. The molecule has 8 heteroatoms. The van der Waals surface area contributed by atoms with Crippen LogP contribution in [0.4, 0.5) is 10.7 Å². The van der Waals surface area contributed by atoms with E-state index in [0.717, 1.165) is 0 Å². The topological polar surface area (TPSA) is 77.0 Å².